The average molecular weight is 741 g/mol. The van der Waals surface area contributed by atoms with E-state index in [-0.39, 0.29) is 42.7 Å². The normalized spacial score (nSPS) is 19.3. The van der Waals surface area contributed by atoms with Crippen LogP contribution < -0.4 is 21.3 Å². The average Bonchev–Trinajstić information content (AvgIpc) is 3.46. The summed E-state index contributed by atoms with van der Waals surface area (Å²) in [6, 6.07) is 4.61. The fourth-order valence-corrected chi connectivity index (χ4v) is 6.86. The molecule has 0 spiro atoms. The number of nitrogens with one attached hydrogen (secondary N) is 4. The molecule has 4 N–H and O–H groups in total. The highest BCUT2D eigenvalue weighted by Crippen LogP contribution is 2.36. The highest BCUT2D eigenvalue weighted by Gasteiger charge is 2.47. The molecule has 53 heavy (non-hydrogen) atoms. The Balaban J connectivity index is 1.72. The van der Waals surface area contributed by atoms with Crippen molar-refractivity contribution in [2.24, 2.45) is 17.3 Å². The number of hydrogen-bond acceptors (Lipinski definition) is 8. The van der Waals surface area contributed by atoms with E-state index in [2.05, 4.69) is 21.3 Å². The fourth-order valence-electron chi connectivity index (χ4n) is 6.86. The molecular formula is C39H60N6O8. The van der Waals surface area contributed by atoms with E-state index < -0.39 is 65.7 Å². The van der Waals surface area contributed by atoms with Crippen LogP contribution in [0, 0.1) is 17.3 Å². The van der Waals surface area contributed by atoms with Crippen molar-refractivity contribution < 1.29 is 38.3 Å². The van der Waals surface area contributed by atoms with Gasteiger partial charge in [0.15, 0.2) is 0 Å². The van der Waals surface area contributed by atoms with Crippen LogP contribution in [0.1, 0.15) is 105 Å². The molecule has 0 bridgehead atoms. The molecule has 0 radical (unpaired) electrons. The monoisotopic (exact) mass is 740 g/mol. The summed E-state index contributed by atoms with van der Waals surface area (Å²) in [5, 5.41) is 10.5. The summed E-state index contributed by atoms with van der Waals surface area (Å²) in [5.74, 6) is -4.04. The molecule has 1 saturated heterocycles. The lowest BCUT2D eigenvalue weighted by atomic mass is 9.83. The second-order valence-corrected chi connectivity index (χ2v) is 15.8. The molecule has 6 amide bonds. The molecule has 1 aliphatic heterocycles. The third kappa shape index (κ3) is 12.3. The minimum atomic E-state index is -1.21. The molecule has 1 aromatic carbocycles. The van der Waals surface area contributed by atoms with Crippen molar-refractivity contribution in [1.82, 2.24) is 31.1 Å². The van der Waals surface area contributed by atoms with Crippen molar-refractivity contribution in [3.05, 3.63) is 35.9 Å². The van der Waals surface area contributed by atoms with Crippen molar-refractivity contribution in [3.63, 3.8) is 0 Å². The van der Waals surface area contributed by atoms with Crippen molar-refractivity contribution in [2.75, 3.05) is 27.2 Å². The maximum atomic E-state index is 14.3. The SMILES string of the molecule is CCCC(NC(=O)[C@@H]1CC(C)(C)CN1C(=O)[C@@H](NC(=O)O[C@@H](C)C(C)C)C1CCCCC1)C(=O)C(=O)NCC(=O)N[C@H](C(=O)N(C)C)c1ccccc1. The quantitative estimate of drug-likeness (QED) is 0.186. The lowest BCUT2D eigenvalue weighted by molar-refractivity contribution is -0.143. The molecule has 2 fully saturated rings. The third-order valence-electron chi connectivity index (χ3n) is 10.2. The van der Waals surface area contributed by atoms with Gasteiger partial charge in [-0.15, -0.1) is 0 Å². The molecule has 14 nitrogen and oxygen atoms in total. The number of carbonyl (C=O) groups excluding carboxylic acids is 7. The van der Waals surface area contributed by atoms with E-state index in [1.807, 2.05) is 27.7 Å². The molecule has 14 heteroatoms. The van der Waals surface area contributed by atoms with Crippen molar-refractivity contribution in [1.29, 1.82) is 0 Å². The van der Waals surface area contributed by atoms with Gasteiger partial charge in [-0.3, -0.25) is 28.8 Å². The molecule has 5 atom stereocenters. The van der Waals surface area contributed by atoms with E-state index in [1.54, 1.807) is 58.3 Å². The highest BCUT2D eigenvalue weighted by molar-refractivity contribution is 6.38. The summed E-state index contributed by atoms with van der Waals surface area (Å²) in [6.45, 7) is 11.1. The van der Waals surface area contributed by atoms with Gasteiger partial charge < -0.3 is 35.8 Å². The predicted octanol–water partition coefficient (Wildman–Crippen LogP) is 3.25. The van der Waals surface area contributed by atoms with Crippen molar-refractivity contribution in [3.8, 4) is 0 Å². The van der Waals surface area contributed by atoms with Crippen molar-refractivity contribution >= 4 is 41.4 Å². The van der Waals surface area contributed by atoms with E-state index in [0.717, 1.165) is 32.1 Å². The second-order valence-electron chi connectivity index (χ2n) is 15.8. The molecule has 294 valence electrons. The Hall–Kier alpha value is -4.49. The summed E-state index contributed by atoms with van der Waals surface area (Å²) >= 11 is 0. The number of Topliss-reactive ketones (excluding diaryl/α,β-unsaturated/α-hetero) is 1. The maximum Gasteiger partial charge on any atom is 0.408 e. The van der Waals surface area contributed by atoms with Crippen LogP contribution in [0.4, 0.5) is 4.79 Å². The Morgan fingerprint density at radius 1 is 0.925 bits per heavy atom. The Labute approximate surface area is 313 Å². The van der Waals surface area contributed by atoms with Gasteiger partial charge in [0.2, 0.25) is 29.4 Å². The zero-order valence-electron chi connectivity index (χ0n) is 32.7. The van der Waals surface area contributed by atoms with Gasteiger partial charge in [0.1, 0.15) is 24.2 Å². The Morgan fingerprint density at radius 2 is 1.57 bits per heavy atom. The molecular weight excluding hydrogens is 680 g/mol. The molecule has 1 aliphatic carbocycles. The Kier molecular flexibility index (Phi) is 15.8. The number of ether oxygens (including phenoxy) is 1. The van der Waals surface area contributed by atoms with Crippen molar-refractivity contribution in [2.45, 2.75) is 123 Å². The molecule has 2 aliphatic rings. The number of carbonyl (C=O) groups is 7. The number of nitrogens with zero attached hydrogens (tertiary/aromatic N) is 2. The van der Waals surface area contributed by atoms with Gasteiger partial charge in [-0.05, 0) is 55.4 Å². The number of rotatable bonds is 16. The number of ketones is 1. The van der Waals surface area contributed by atoms with Gasteiger partial charge in [-0.2, -0.15) is 0 Å². The summed E-state index contributed by atoms with van der Waals surface area (Å²) in [6.07, 6.45) is 4.28. The van der Waals surface area contributed by atoms with Crippen LogP contribution in [0.25, 0.3) is 0 Å². The van der Waals surface area contributed by atoms with E-state index in [4.69, 9.17) is 4.74 Å². The molecule has 0 aromatic heterocycles. The first-order chi connectivity index (χ1) is 24.9. The minimum Gasteiger partial charge on any atom is -0.446 e. The standard InChI is InChI=1S/C39H60N6O8/c1-9-16-28(33(47)35(49)40-22-30(46)42-31(36(50)44(7)8)26-17-12-10-13-18-26)41-34(48)29-21-39(5,6)23-45(29)37(51)32(27-19-14-11-15-20-27)43-38(52)53-25(4)24(2)3/h10,12-13,17-18,24-25,27-29,31-32H,9,11,14-16,19-23H2,1-8H3,(H,40,49)(H,41,48)(H,42,46)(H,43,52)/t25-,28?,29-,31-,32-/m0/s1. The lowest BCUT2D eigenvalue weighted by Crippen LogP contribution is -2.58. The van der Waals surface area contributed by atoms with Gasteiger partial charge in [-0.25, -0.2) is 4.79 Å². The number of alkyl carbamates (subject to hydrolysis) is 1. The van der Waals surface area contributed by atoms with Gasteiger partial charge in [0.25, 0.3) is 5.91 Å². The summed E-state index contributed by atoms with van der Waals surface area (Å²) < 4.78 is 5.57. The van der Waals surface area contributed by atoms with Gasteiger partial charge in [0.05, 0.1) is 12.6 Å². The van der Waals surface area contributed by atoms with E-state index in [0.29, 0.717) is 18.4 Å². The summed E-state index contributed by atoms with van der Waals surface area (Å²) in [7, 11) is 3.12. The Morgan fingerprint density at radius 3 is 2.15 bits per heavy atom. The van der Waals surface area contributed by atoms with Crippen LogP contribution in [0.15, 0.2) is 30.3 Å². The third-order valence-corrected chi connectivity index (χ3v) is 10.2. The van der Waals surface area contributed by atoms with Crippen LogP contribution >= 0.6 is 0 Å². The number of likely N-dealkylation sites (N-methyl/N-ethyl adjacent to an activating group) is 1. The second kappa shape index (κ2) is 19.5. The first kappa shape index (κ1) is 42.9. The molecule has 1 saturated carbocycles. The van der Waals surface area contributed by atoms with Crippen LogP contribution in [-0.4, -0.2) is 103 Å². The topological polar surface area (TPSA) is 183 Å². The van der Waals surface area contributed by atoms with E-state index in [1.165, 1.54) is 9.80 Å². The maximum absolute atomic E-state index is 14.3. The Bertz CT molecular complexity index is 1460. The molecule has 3 rings (SSSR count). The van der Waals surface area contributed by atoms with E-state index in [9.17, 15) is 33.6 Å². The first-order valence-corrected chi connectivity index (χ1v) is 18.9. The fraction of sp³-hybridized carbons (Fsp3) is 0.667. The number of amides is 6. The molecule has 1 heterocycles. The largest absolute Gasteiger partial charge is 0.446 e. The molecule has 1 unspecified atom stereocenters. The predicted molar refractivity (Wildman–Crippen MR) is 199 cm³/mol. The highest BCUT2D eigenvalue weighted by atomic mass is 16.6. The summed E-state index contributed by atoms with van der Waals surface area (Å²) in [4.78, 5) is 96.2. The van der Waals surface area contributed by atoms with Crippen LogP contribution in [0.3, 0.4) is 0 Å². The van der Waals surface area contributed by atoms with Crippen LogP contribution in [-0.2, 0) is 33.5 Å². The molecule has 1 aromatic rings. The van der Waals surface area contributed by atoms with E-state index >= 15 is 0 Å². The number of likely N-dealkylation sites (tertiary alicyclic amines) is 1. The zero-order chi connectivity index (χ0) is 39.5. The first-order valence-electron chi connectivity index (χ1n) is 18.9. The number of hydrogen-bond donors (Lipinski definition) is 4. The van der Waals surface area contributed by atoms with Crippen LogP contribution in [0.5, 0.6) is 0 Å². The zero-order valence-corrected chi connectivity index (χ0v) is 32.7. The van der Waals surface area contributed by atoms with Crippen LogP contribution in [0.2, 0.25) is 0 Å². The van der Waals surface area contributed by atoms with Gasteiger partial charge >= 0.3 is 6.09 Å². The summed E-state index contributed by atoms with van der Waals surface area (Å²) in [5.41, 5.74) is 0.110. The van der Waals surface area contributed by atoms with Gasteiger partial charge in [-0.1, -0.05) is 90.6 Å². The number of benzene rings is 1. The lowest BCUT2D eigenvalue weighted by Gasteiger charge is -2.35. The van der Waals surface area contributed by atoms with Gasteiger partial charge in [0, 0.05) is 20.6 Å². The minimum absolute atomic E-state index is 0.0841. The smallest absolute Gasteiger partial charge is 0.408 e.